The molecule has 0 radical (unpaired) electrons. The summed E-state index contributed by atoms with van der Waals surface area (Å²) >= 11 is 12.8. The molecule has 340 valence electrons. The highest BCUT2D eigenvalue weighted by atomic mass is 35.5. The fourth-order valence-electron chi connectivity index (χ4n) is 11.8. The van der Waals surface area contributed by atoms with E-state index in [2.05, 4.69) is 62.4 Å². The van der Waals surface area contributed by atoms with E-state index in [0.717, 1.165) is 45.6 Å². The zero-order valence-corrected chi connectivity index (χ0v) is 41.0. The minimum absolute atomic E-state index is 0.914. The van der Waals surface area contributed by atoms with Crippen LogP contribution < -0.4 is 0 Å². The summed E-state index contributed by atoms with van der Waals surface area (Å²) in [4.78, 5) is 0. The van der Waals surface area contributed by atoms with Gasteiger partial charge in [-0.05, 0) is 160 Å². The monoisotopic (exact) mass is 869 g/mol. The van der Waals surface area contributed by atoms with Crippen LogP contribution in [0.4, 0.5) is 0 Å². The standard InChI is InChI=1S/C27H41Cl.C26H39Cl.C6H10/c1-2-3-4-5-6-7-8-11-22-14-16-23(17-15-22)24-18-20-25(21-19-24)26-12-9-10-13-27(26)28;1-2-3-4-5-6-7-10-21-13-15-22(16-14-21)23-17-19-24(20-18-23)25-11-8-9-12-26(25)27;1-2-4-6-5-3-1/h9-10,12-13,20,22-24H,2-8,11,14-19,21H2,1H3;8-9,11-12,19,21-23H,2-7,10,13-18,20H2,1H3;1-2H,3-6H2. The lowest BCUT2D eigenvalue weighted by atomic mass is 9.70. The number of benzene rings is 2. The predicted molar refractivity (Wildman–Crippen MR) is 273 cm³/mol. The van der Waals surface area contributed by atoms with Gasteiger partial charge in [0, 0.05) is 10.0 Å². The third-order valence-electron chi connectivity index (χ3n) is 15.8. The van der Waals surface area contributed by atoms with Gasteiger partial charge in [-0.2, -0.15) is 0 Å². The highest BCUT2D eigenvalue weighted by Gasteiger charge is 2.30. The summed E-state index contributed by atoms with van der Waals surface area (Å²) in [6.07, 6.45) is 56.4. The summed E-state index contributed by atoms with van der Waals surface area (Å²) in [5, 5.41) is 1.83. The van der Waals surface area contributed by atoms with Gasteiger partial charge in [0.15, 0.2) is 0 Å². The first-order valence-electron chi connectivity index (χ1n) is 26.6. The average molecular weight is 870 g/mol. The largest absolute Gasteiger partial charge is 0.0885 e. The van der Waals surface area contributed by atoms with Crippen LogP contribution in [-0.2, 0) is 0 Å². The second-order valence-corrected chi connectivity index (χ2v) is 21.1. The maximum atomic E-state index is 6.40. The normalized spacial score (nSPS) is 25.3. The van der Waals surface area contributed by atoms with Crippen LogP contribution in [0.1, 0.15) is 237 Å². The molecule has 0 spiro atoms. The van der Waals surface area contributed by atoms with Crippen LogP contribution in [0.2, 0.25) is 10.0 Å². The Kier molecular flexibility index (Phi) is 25.0. The van der Waals surface area contributed by atoms with Crippen LogP contribution in [0.15, 0.2) is 72.8 Å². The summed E-state index contributed by atoms with van der Waals surface area (Å²) in [6, 6.07) is 16.7. The van der Waals surface area contributed by atoms with Crippen LogP contribution in [0.3, 0.4) is 0 Å². The molecule has 5 aliphatic rings. The summed E-state index contributed by atoms with van der Waals surface area (Å²) in [5.74, 6) is 5.87. The zero-order valence-electron chi connectivity index (χ0n) is 39.5. The number of unbranched alkanes of at least 4 members (excludes halogenated alkanes) is 11. The maximum absolute atomic E-state index is 6.40. The Balaban J connectivity index is 0.000000203. The first-order chi connectivity index (χ1) is 30.1. The molecule has 0 bridgehead atoms. The van der Waals surface area contributed by atoms with E-state index in [1.54, 1.807) is 0 Å². The second kappa shape index (κ2) is 30.4. The van der Waals surface area contributed by atoms with Crippen LogP contribution >= 0.6 is 23.2 Å². The van der Waals surface area contributed by atoms with Gasteiger partial charge in [0.05, 0.1) is 0 Å². The quantitative estimate of drug-likeness (QED) is 0.0975. The fraction of sp³-hybridized carbons (Fsp3) is 0.695. The molecule has 0 nitrogen and oxygen atoms in total. The molecule has 2 heteroatoms. The van der Waals surface area contributed by atoms with E-state index in [1.165, 1.54) is 234 Å². The smallest absolute Gasteiger partial charge is 0.0481 e. The van der Waals surface area contributed by atoms with Gasteiger partial charge in [0.2, 0.25) is 0 Å². The summed E-state index contributed by atoms with van der Waals surface area (Å²) < 4.78 is 0. The molecule has 2 unspecified atom stereocenters. The fourth-order valence-corrected chi connectivity index (χ4v) is 12.3. The molecule has 0 aliphatic heterocycles. The van der Waals surface area contributed by atoms with Crippen LogP contribution in [-0.4, -0.2) is 0 Å². The second-order valence-electron chi connectivity index (χ2n) is 20.3. The lowest BCUT2D eigenvalue weighted by Gasteiger charge is -2.35. The van der Waals surface area contributed by atoms with Gasteiger partial charge in [0.25, 0.3) is 0 Å². The van der Waals surface area contributed by atoms with Gasteiger partial charge in [-0.15, -0.1) is 0 Å². The van der Waals surface area contributed by atoms with Crippen molar-refractivity contribution in [2.24, 2.45) is 35.5 Å². The van der Waals surface area contributed by atoms with Crippen molar-refractivity contribution in [2.45, 2.75) is 226 Å². The molecule has 2 fully saturated rings. The van der Waals surface area contributed by atoms with Gasteiger partial charge < -0.3 is 0 Å². The predicted octanol–water partition coefficient (Wildman–Crippen LogP) is 20.7. The first kappa shape index (κ1) is 50.2. The molecule has 2 aromatic carbocycles. The lowest BCUT2D eigenvalue weighted by Crippen LogP contribution is -2.23. The highest BCUT2D eigenvalue weighted by Crippen LogP contribution is 2.44. The Bertz CT molecular complexity index is 1520. The van der Waals surface area contributed by atoms with Crippen LogP contribution in [0.5, 0.6) is 0 Å². The molecule has 0 heterocycles. The van der Waals surface area contributed by atoms with Gasteiger partial charge in [-0.25, -0.2) is 0 Å². The Morgan fingerprint density at radius 2 is 0.803 bits per heavy atom. The van der Waals surface area contributed by atoms with E-state index in [9.17, 15) is 0 Å². The van der Waals surface area contributed by atoms with Gasteiger partial charge >= 0.3 is 0 Å². The van der Waals surface area contributed by atoms with Gasteiger partial charge in [-0.3, -0.25) is 0 Å². The number of halogens is 2. The molecule has 7 rings (SSSR count). The van der Waals surface area contributed by atoms with E-state index >= 15 is 0 Å². The molecule has 2 saturated carbocycles. The van der Waals surface area contributed by atoms with E-state index in [-0.39, 0.29) is 0 Å². The van der Waals surface area contributed by atoms with Gasteiger partial charge in [-0.1, -0.05) is 220 Å². The minimum atomic E-state index is 0.914. The average Bonchev–Trinajstić information content (AvgIpc) is 3.32. The van der Waals surface area contributed by atoms with E-state index in [0.29, 0.717) is 0 Å². The summed E-state index contributed by atoms with van der Waals surface area (Å²) in [6.45, 7) is 4.61. The van der Waals surface area contributed by atoms with Crippen LogP contribution in [0, 0.1) is 35.5 Å². The lowest BCUT2D eigenvalue weighted by molar-refractivity contribution is 0.187. The van der Waals surface area contributed by atoms with E-state index in [4.69, 9.17) is 23.2 Å². The molecule has 0 amide bonds. The van der Waals surface area contributed by atoms with Crippen molar-refractivity contribution >= 4 is 34.3 Å². The molecule has 61 heavy (non-hydrogen) atoms. The molecule has 0 N–H and O–H groups in total. The van der Waals surface area contributed by atoms with Crippen molar-refractivity contribution < 1.29 is 0 Å². The molecule has 2 atom stereocenters. The molecular formula is C59H90Cl2. The Morgan fingerprint density at radius 1 is 0.426 bits per heavy atom. The van der Waals surface area contributed by atoms with Crippen molar-refractivity contribution in [3.63, 3.8) is 0 Å². The minimum Gasteiger partial charge on any atom is -0.0885 e. The van der Waals surface area contributed by atoms with E-state index in [1.807, 2.05) is 24.3 Å². The van der Waals surface area contributed by atoms with Crippen molar-refractivity contribution in [2.75, 3.05) is 0 Å². The molecular weight excluding hydrogens is 780 g/mol. The maximum Gasteiger partial charge on any atom is 0.0481 e. The zero-order chi connectivity index (χ0) is 42.7. The number of allylic oxidation sites excluding steroid dienone is 6. The summed E-state index contributed by atoms with van der Waals surface area (Å²) in [5.41, 5.74) is 5.49. The topological polar surface area (TPSA) is 0 Å². The third kappa shape index (κ3) is 18.7. The molecule has 5 aliphatic carbocycles. The highest BCUT2D eigenvalue weighted by molar-refractivity contribution is 6.32. The SMILES string of the molecule is C1=CCCCC1.CCCCCCCCC1CCC(C2CC=C(c3ccccc3Cl)CC2)CC1.CCCCCCCCCC1CCC(C2CC=C(c3ccccc3Cl)CC2)CC1. The number of rotatable bonds is 19. The molecule has 0 aromatic heterocycles. The van der Waals surface area contributed by atoms with Crippen molar-refractivity contribution in [1.29, 1.82) is 0 Å². The van der Waals surface area contributed by atoms with Crippen molar-refractivity contribution in [3.05, 3.63) is 94.0 Å². The Hall–Kier alpha value is -1.76. The molecule has 0 saturated heterocycles. The van der Waals surface area contributed by atoms with Gasteiger partial charge in [0.1, 0.15) is 0 Å². The molecule has 2 aromatic rings. The number of hydrogen-bond donors (Lipinski definition) is 0. The Labute approximate surface area is 387 Å². The Morgan fingerprint density at radius 3 is 1.13 bits per heavy atom. The van der Waals surface area contributed by atoms with Crippen molar-refractivity contribution in [1.82, 2.24) is 0 Å². The summed E-state index contributed by atoms with van der Waals surface area (Å²) in [7, 11) is 0. The van der Waals surface area contributed by atoms with Crippen LogP contribution in [0.25, 0.3) is 11.1 Å². The first-order valence-corrected chi connectivity index (χ1v) is 27.3. The van der Waals surface area contributed by atoms with E-state index < -0.39 is 0 Å². The third-order valence-corrected chi connectivity index (χ3v) is 16.5. The van der Waals surface area contributed by atoms with Crippen molar-refractivity contribution in [3.8, 4) is 0 Å². The number of hydrogen-bond acceptors (Lipinski definition) is 0.